The number of benzene rings is 1. The first-order chi connectivity index (χ1) is 9.17. The molecule has 0 aliphatic rings. The van der Waals surface area contributed by atoms with E-state index in [2.05, 4.69) is 33.4 Å². The summed E-state index contributed by atoms with van der Waals surface area (Å²) in [6, 6.07) is 5.61. The molecule has 0 saturated heterocycles. The quantitative estimate of drug-likeness (QED) is 0.473. The molecule has 0 spiro atoms. The normalized spacial score (nSPS) is 10.7. The molecule has 4 nitrogen and oxygen atoms in total. The molecule has 1 aromatic rings. The molecule has 0 fully saturated rings. The second kappa shape index (κ2) is 8.69. The van der Waals surface area contributed by atoms with Gasteiger partial charge in [0.25, 0.3) is 0 Å². The van der Waals surface area contributed by atoms with E-state index in [1.165, 1.54) is 0 Å². The number of methoxy groups -OCH3 is 1. The zero-order valence-electron chi connectivity index (χ0n) is 11.3. The summed E-state index contributed by atoms with van der Waals surface area (Å²) < 4.78 is 6.15. The molecule has 104 valence electrons. The molecule has 0 aromatic heterocycles. The maximum absolute atomic E-state index is 11.5. The first-order valence-corrected chi connectivity index (χ1v) is 7.12. The van der Waals surface area contributed by atoms with Crippen LogP contribution in [-0.2, 0) is 4.79 Å². The van der Waals surface area contributed by atoms with Crippen molar-refractivity contribution in [2.45, 2.75) is 32.6 Å². The van der Waals surface area contributed by atoms with E-state index in [0.29, 0.717) is 12.2 Å². The zero-order valence-corrected chi connectivity index (χ0v) is 12.9. The fourth-order valence-electron chi connectivity index (χ4n) is 1.57. The van der Waals surface area contributed by atoms with E-state index in [9.17, 15) is 4.79 Å². The van der Waals surface area contributed by atoms with Crippen LogP contribution in [0.3, 0.4) is 0 Å². The fourth-order valence-corrected chi connectivity index (χ4v) is 1.95. The summed E-state index contributed by atoms with van der Waals surface area (Å²) >= 11 is 3.38. The highest BCUT2D eigenvalue weighted by molar-refractivity contribution is 9.10. The van der Waals surface area contributed by atoms with E-state index in [4.69, 9.17) is 4.74 Å². The SMILES string of the molecule is CCCCCC(=O)NN=Cc1cc(Br)ccc1OC. The second-order valence-electron chi connectivity index (χ2n) is 4.14. The first kappa shape index (κ1) is 15.7. The highest BCUT2D eigenvalue weighted by Gasteiger charge is 2.02. The molecule has 19 heavy (non-hydrogen) atoms. The highest BCUT2D eigenvalue weighted by atomic mass is 79.9. The summed E-state index contributed by atoms with van der Waals surface area (Å²) in [6.07, 6.45) is 5.17. The molecule has 1 amide bonds. The van der Waals surface area contributed by atoms with Gasteiger partial charge in [-0.25, -0.2) is 5.43 Å². The van der Waals surface area contributed by atoms with Crippen molar-refractivity contribution < 1.29 is 9.53 Å². The van der Waals surface area contributed by atoms with E-state index in [-0.39, 0.29) is 5.91 Å². The first-order valence-electron chi connectivity index (χ1n) is 6.32. The molecule has 1 rings (SSSR count). The van der Waals surface area contributed by atoms with Crippen molar-refractivity contribution in [1.29, 1.82) is 0 Å². The van der Waals surface area contributed by atoms with Crippen molar-refractivity contribution in [3.8, 4) is 5.75 Å². The molecule has 1 N–H and O–H groups in total. The third-order valence-corrected chi connectivity index (χ3v) is 3.09. The number of rotatable bonds is 7. The van der Waals surface area contributed by atoms with Crippen molar-refractivity contribution in [2.24, 2.45) is 5.10 Å². The van der Waals surface area contributed by atoms with Crippen LogP contribution >= 0.6 is 15.9 Å². The van der Waals surface area contributed by atoms with Gasteiger partial charge in [0.05, 0.1) is 13.3 Å². The van der Waals surface area contributed by atoms with Gasteiger partial charge in [0.1, 0.15) is 5.75 Å². The number of unbranched alkanes of at least 4 members (excludes halogenated alkanes) is 2. The van der Waals surface area contributed by atoms with Crippen LogP contribution in [0.1, 0.15) is 38.2 Å². The zero-order chi connectivity index (χ0) is 14.1. The van der Waals surface area contributed by atoms with Gasteiger partial charge in [0.2, 0.25) is 5.91 Å². The van der Waals surface area contributed by atoms with Gasteiger partial charge in [-0.1, -0.05) is 35.7 Å². The van der Waals surface area contributed by atoms with E-state index >= 15 is 0 Å². The molecule has 5 heteroatoms. The average molecular weight is 327 g/mol. The summed E-state index contributed by atoms with van der Waals surface area (Å²) in [7, 11) is 1.60. The molecule has 0 unspecified atom stereocenters. The molecule has 0 aliphatic heterocycles. The Morgan fingerprint density at radius 2 is 2.26 bits per heavy atom. The number of halogens is 1. The number of nitrogens with one attached hydrogen (secondary N) is 1. The standard InChI is InChI=1S/C14H19BrN2O2/c1-3-4-5-6-14(18)17-16-10-11-9-12(15)7-8-13(11)19-2/h7-10H,3-6H2,1-2H3,(H,17,18). The minimum atomic E-state index is -0.0568. The largest absolute Gasteiger partial charge is 0.496 e. The summed E-state index contributed by atoms with van der Waals surface area (Å²) in [5, 5.41) is 3.94. The number of amides is 1. The van der Waals surface area contributed by atoms with Crippen LogP contribution in [0.15, 0.2) is 27.8 Å². The number of hydrogen-bond acceptors (Lipinski definition) is 3. The summed E-state index contributed by atoms with van der Waals surface area (Å²) in [6.45, 7) is 2.11. The Morgan fingerprint density at radius 3 is 2.95 bits per heavy atom. The lowest BCUT2D eigenvalue weighted by Gasteiger charge is -2.04. The molecular weight excluding hydrogens is 308 g/mol. The Morgan fingerprint density at radius 1 is 1.47 bits per heavy atom. The van der Waals surface area contributed by atoms with Crippen molar-refractivity contribution in [3.05, 3.63) is 28.2 Å². The molecule has 0 aliphatic carbocycles. The molecular formula is C14H19BrN2O2. The number of carbonyl (C=O) groups excluding carboxylic acids is 1. The third kappa shape index (κ3) is 5.87. The number of carbonyl (C=O) groups is 1. The van der Waals surface area contributed by atoms with Gasteiger partial charge in [-0.05, 0) is 24.6 Å². The number of ether oxygens (including phenoxy) is 1. The third-order valence-electron chi connectivity index (χ3n) is 2.59. The minimum Gasteiger partial charge on any atom is -0.496 e. The lowest BCUT2D eigenvalue weighted by Crippen LogP contribution is -2.16. The van der Waals surface area contributed by atoms with Crippen LogP contribution in [0.5, 0.6) is 5.75 Å². The summed E-state index contributed by atoms with van der Waals surface area (Å²) in [5.41, 5.74) is 3.33. The maximum atomic E-state index is 11.5. The van der Waals surface area contributed by atoms with Gasteiger partial charge in [0, 0.05) is 16.5 Å². The number of nitrogens with zero attached hydrogens (tertiary/aromatic N) is 1. The van der Waals surface area contributed by atoms with Crippen molar-refractivity contribution >= 4 is 28.1 Å². The highest BCUT2D eigenvalue weighted by Crippen LogP contribution is 2.21. The van der Waals surface area contributed by atoms with Gasteiger partial charge < -0.3 is 4.74 Å². The Balaban J connectivity index is 2.52. The lowest BCUT2D eigenvalue weighted by atomic mass is 10.2. The van der Waals surface area contributed by atoms with Crippen LogP contribution in [0.25, 0.3) is 0 Å². The van der Waals surface area contributed by atoms with Gasteiger partial charge in [0.15, 0.2) is 0 Å². The summed E-state index contributed by atoms with van der Waals surface area (Å²) in [5.74, 6) is 0.658. The van der Waals surface area contributed by atoms with Crippen LogP contribution < -0.4 is 10.2 Å². The van der Waals surface area contributed by atoms with E-state index in [1.807, 2.05) is 18.2 Å². The molecule has 1 aromatic carbocycles. The lowest BCUT2D eigenvalue weighted by molar-refractivity contribution is -0.121. The Hall–Kier alpha value is -1.36. The van der Waals surface area contributed by atoms with Crippen molar-refractivity contribution in [3.63, 3.8) is 0 Å². The van der Waals surface area contributed by atoms with Crippen LogP contribution in [-0.4, -0.2) is 19.2 Å². The van der Waals surface area contributed by atoms with Crippen LogP contribution in [0, 0.1) is 0 Å². The van der Waals surface area contributed by atoms with Crippen molar-refractivity contribution in [2.75, 3.05) is 7.11 Å². The van der Waals surface area contributed by atoms with Crippen LogP contribution in [0.2, 0.25) is 0 Å². The number of hydrogen-bond donors (Lipinski definition) is 1. The predicted molar refractivity (Wildman–Crippen MR) is 80.6 cm³/mol. The van der Waals surface area contributed by atoms with E-state index in [1.54, 1.807) is 13.3 Å². The topological polar surface area (TPSA) is 50.7 Å². The van der Waals surface area contributed by atoms with Gasteiger partial charge in [-0.15, -0.1) is 0 Å². The Bertz CT molecular complexity index is 447. The number of hydrazone groups is 1. The molecule has 0 heterocycles. The average Bonchev–Trinajstić information content (AvgIpc) is 2.39. The Labute approximate surface area is 122 Å². The maximum Gasteiger partial charge on any atom is 0.240 e. The molecule has 0 bridgehead atoms. The van der Waals surface area contributed by atoms with Gasteiger partial charge in [-0.3, -0.25) is 4.79 Å². The fraction of sp³-hybridized carbons (Fsp3) is 0.429. The van der Waals surface area contributed by atoms with Gasteiger partial charge >= 0.3 is 0 Å². The van der Waals surface area contributed by atoms with E-state index < -0.39 is 0 Å². The Kier molecular flexibility index (Phi) is 7.18. The van der Waals surface area contributed by atoms with E-state index in [0.717, 1.165) is 29.3 Å². The molecule has 0 atom stereocenters. The van der Waals surface area contributed by atoms with Crippen LogP contribution in [0.4, 0.5) is 0 Å². The molecule has 0 saturated carbocycles. The van der Waals surface area contributed by atoms with Crippen molar-refractivity contribution in [1.82, 2.24) is 5.43 Å². The smallest absolute Gasteiger partial charge is 0.240 e. The second-order valence-corrected chi connectivity index (χ2v) is 5.05. The van der Waals surface area contributed by atoms with Gasteiger partial charge in [-0.2, -0.15) is 5.10 Å². The monoisotopic (exact) mass is 326 g/mol. The summed E-state index contributed by atoms with van der Waals surface area (Å²) in [4.78, 5) is 11.5. The molecule has 0 radical (unpaired) electrons. The predicted octanol–water partition coefficient (Wildman–Crippen LogP) is 3.49. The minimum absolute atomic E-state index is 0.0568.